The highest BCUT2D eigenvalue weighted by atomic mass is 79.9. The zero-order valence-electron chi connectivity index (χ0n) is 14.2. The van der Waals surface area contributed by atoms with Gasteiger partial charge in [0.25, 0.3) is 0 Å². The van der Waals surface area contributed by atoms with Gasteiger partial charge in [0.1, 0.15) is 13.2 Å². The molecule has 0 saturated carbocycles. The number of fused-ring (bicyclic) bond motifs is 1. The number of Topliss-reactive ketones (excluding diaryl/α,β-unsaturated/α-hetero) is 1. The van der Waals surface area contributed by atoms with Gasteiger partial charge >= 0.3 is 0 Å². The molecule has 2 aromatic rings. The number of aliphatic hydroxyl groups is 1. The highest BCUT2D eigenvalue weighted by Gasteiger charge is 2.15. The van der Waals surface area contributed by atoms with Crippen LogP contribution in [0, 0.1) is 0 Å². The van der Waals surface area contributed by atoms with Gasteiger partial charge in [-0.15, -0.1) is 0 Å². The third-order valence-corrected chi connectivity index (χ3v) is 4.47. The SMILES string of the molecule is O=C(/C=C/c1cccc(C(=O)CN=Cc2cc3c(cc2Br)OCO3)c1)CO. The van der Waals surface area contributed by atoms with E-state index in [1.807, 2.05) is 0 Å². The van der Waals surface area contributed by atoms with Crippen LogP contribution >= 0.6 is 15.9 Å². The largest absolute Gasteiger partial charge is 0.454 e. The van der Waals surface area contributed by atoms with Gasteiger partial charge in [0.05, 0.1) is 0 Å². The van der Waals surface area contributed by atoms with E-state index in [4.69, 9.17) is 14.6 Å². The van der Waals surface area contributed by atoms with Gasteiger partial charge in [-0.1, -0.05) is 24.3 Å². The summed E-state index contributed by atoms with van der Waals surface area (Å²) < 4.78 is 11.4. The zero-order chi connectivity index (χ0) is 19.2. The van der Waals surface area contributed by atoms with E-state index in [-0.39, 0.29) is 19.1 Å². The molecule has 1 heterocycles. The Balaban J connectivity index is 1.67. The van der Waals surface area contributed by atoms with Gasteiger partial charge in [-0.2, -0.15) is 0 Å². The lowest BCUT2D eigenvalue weighted by Gasteiger charge is -2.02. The highest BCUT2D eigenvalue weighted by molar-refractivity contribution is 9.10. The number of aliphatic hydroxyl groups excluding tert-OH is 1. The summed E-state index contributed by atoms with van der Waals surface area (Å²) in [6, 6.07) is 10.5. The Morgan fingerprint density at radius 3 is 2.74 bits per heavy atom. The first kappa shape index (κ1) is 19.0. The van der Waals surface area contributed by atoms with Crippen molar-refractivity contribution in [2.75, 3.05) is 19.9 Å². The molecule has 0 radical (unpaired) electrons. The third-order valence-electron chi connectivity index (χ3n) is 3.78. The van der Waals surface area contributed by atoms with E-state index in [0.29, 0.717) is 22.6 Å². The molecule has 1 aliphatic heterocycles. The fraction of sp³-hybridized carbons (Fsp3) is 0.150. The minimum absolute atomic E-state index is 0.0103. The molecule has 0 bridgehead atoms. The number of nitrogens with zero attached hydrogens (tertiary/aromatic N) is 1. The van der Waals surface area contributed by atoms with E-state index < -0.39 is 12.4 Å². The molecule has 0 fully saturated rings. The molecule has 3 rings (SSSR count). The maximum Gasteiger partial charge on any atom is 0.231 e. The smallest absolute Gasteiger partial charge is 0.231 e. The Morgan fingerprint density at radius 1 is 1.19 bits per heavy atom. The molecule has 6 nitrogen and oxygen atoms in total. The van der Waals surface area contributed by atoms with Crippen LogP contribution in [0.5, 0.6) is 11.5 Å². The van der Waals surface area contributed by atoms with Gasteiger partial charge in [0, 0.05) is 21.8 Å². The highest BCUT2D eigenvalue weighted by Crippen LogP contribution is 2.36. The lowest BCUT2D eigenvalue weighted by molar-refractivity contribution is -0.117. The van der Waals surface area contributed by atoms with Gasteiger partial charge in [-0.3, -0.25) is 14.6 Å². The molecule has 1 aliphatic rings. The number of ether oxygens (including phenoxy) is 2. The standard InChI is InChI=1S/C20H16BrNO5/c21-17-8-20-19(26-12-27-20)7-15(17)9-22-10-18(25)14-3-1-2-13(6-14)4-5-16(24)11-23/h1-9,23H,10-12H2/b5-4+,22-9?. The summed E-state index contributed by atoms with van der Waals surface area (Å²) in [4.78, 5) is 27.7. The predicted octanol–water partition coefficient (Wildman–Crippen LogP) is 3.05. The Morgan fingerprint density at radius 2 is 1.96 bits per heavy atom. The first-order valence-electron chi connectivity index (χ1n) is 8.11. The molecule has 0 aromatic heterocycles. The van der Waals surface area contributed by atoms with Crippen LogP contribution in [0.3, 0.4) is 0 Å². The van der Waals surface area contributed by atoms with Gasteiger partial charge in [-0.05, 0) is 45.8 Å². The summed E-state index contributed by atoms with van der Waals surface area (Å²) in [6.07, 6.45) is 4.44. The molecule has 27 heavy (non-hydrogen) atoms. The van der Waals surface area contributed by atoms with E-state index in [1.165, 1.54) is 6.08 Å². The second-order valence-electron chi connectivity index (χ2n) is 5.70. The molecular formula is C20H16BrNO5. The van der Waals surface area contributed by atoms with Crippen LogP contribution in [0.1, 0.15) is 21.5 Å². The fourth-order valence-corrected chi connectivity index (χ4v) is 2.83. The monoisotopic (exact) mass is 429 g/mol. The summed E-state index contributed by atoms with van der Waals surface area (Å²) in [5.74, 6) is 0.764. The van der Waals surface area contributed by atoms with E-state index in [0.717, 1.165) is 10.0 Å². The minimum atomic E-state index is -0.542. The van der Waals surface area contributed by atoms with Crippen LogP contribution in [-0.2, 0) is 4.79 Å². The second kappa shape index (κ2) is 8.75. The lowest BCUT2D eigenvalue weighted by atomic mass is 10.1. The normalized spacial score (nSPS) is 12.8. The van der Waals surface area contributed by atoms with Crippen molar-refractivity contribution in [3.63, 3.8) is 0 Å². The van der Waals surface area contributed by atoms with Crippen LogP contribution in [0.25, 0.3) is 6.08 Å². The van der Waals surface area contributed by atoms with Crippen LogP contribution in [0.15, 0.2) is 51.9 Å². The van der Waals surface area contributed by atoms with Gasteiger partial charge in [0.15, 0.2) is 23.1 Å². The van der Waals surface area contributed by atoms with Gasteiger partial charge < -0.3 is 14.6 Å². The van der Waals surface area contributed by atoms with Crippen molar-refractivity contribution < 1.29 is 24.2 Å². The van der Waals surface area contributed by atoms with E-state index in [2.05, 4.69) is 20.9 Å². The molecule has 0 saturated heterocycles. The maximum atomic E-state index is 12.4. The minimum Gasteiger partial charge on any atom is -0.454 e. The number of hydrogen-bond donors (Lipinski definition) is 1. The molecule has 0 unspecified atom stereocenters. The topological polar surface area (TPSA) is 85.2 Å². The van der Waals surface area contributed by atoms with Crippen LogP contribution < -0.4 is 9.47 Å². The second-order valence-corrected chi connectivity index (χ2v) is 6.56. The number of carbonyl (C=O) groups excluding carboxylic acids is 2. The molecule has 2 aromatic carbocycles. The third kappa shape index (κ3) is 4.90. The van der Waals surface area contributed by atoms with E-state index >= 15 is 0 Å². The van der Waals surface area contributed by atoms with Crippen molar-refractivity contribution in [3.05, 3.63) is 63.6 Å². The number of rotatable bonds is 7. The van der Waals surface area contributed by atoms with Crippen LogP contribution in [0.2, 0.25) is 0 Å². The van der Waals surface area contributed by atoms with Crippen molar-refractivity contribution in [2.24, 2.45) is 4.99 Å². The number of aliphatic imine (C=N–C) groups is 1. The average Bonchev–Trinajstić information content (AvgIpc) is 3.13. The zero-order valence-corrected chi connectivity index (χ0v) is 15.8. The molecule has 0 spiro atoms. The van der Waals surface area contributed by atoms with E-state index in [1.54, 1.807) is 48.7 Å². The predicted molar refractivity (Wildman–Crippen MR) is 105 cm³/mol. The average molecular weight is 430 g/mol. The molecule has 0 atom stereocenters. The fourth-order valence-electron chi connectivity index (χ4n) is 2.41. The molecule has 7 heteroatoms. The van der Waals surface area contributed by atoms with Crippen LogP contribution in [-0.4, -0.2) is 42.8 Å². The Labute approximate surface area is 164 Å². The van der Waals surface area contributed by atoms with Crippen molar-refractivity contribution in [3.8, 4) is 11.5 Å². The Bertz CT molecular complexity index is 936. The summed E-state index contributed by atoms with van der Waals surface area (Å²) in [5.41, 5.74) is 1.98. The number of ketones is 2. The maximum absolute atomic E-state index is 12.4. The molecule has 1 N–H and O–H groups in total. The van der Waals surface area contributed by atoms with Crippen molar-refractivity contribution >= 4 is 39.8 Å². The molecule has 138 valence electrons. The van der Waals surface area contributed by atoms with Crippen molar-refractivity contribution in [2.45, 2.75) is 0 Å². The number of benzene rings is 2. The van der Waals surface area contributed by atoms with Crippen molar-refractivity contribution in [1.82, 2.24) is 0 Å². The first-order valence-corrected chi connectivity index (χ1v) is 8.90. The molecule has 0 aliphatic carbocycles. The number of carbonyl (C=O) groups is 2. The summed E-state index contributed by atoms with van der Waals surface area (Å²) in [7, 11) is 0. The molecular weight excluding hydrogens is 414 g/mol. The van der Waals surface area contributed by atoms with Crippen molar-refractivity contribution in [1.29, 1.82) is 0 Å². The number of hydrogen-bond acceptors (Lipinski definition) is 6. The number of halogens is 1. The van der Waals surface area contributed by atoms with Gasteiger partial charge in [0.2, 0.25) is 6.79 Å². The summed E-state index contributed by atoms with van der Waals surface area (Å²) in [6.45, 7) is -0.363. The van der Waals surface area contributed by atoms with Crippen LogP contribution in [0.4, 0.5) is 0 Å². The van der Waals surface area contributed by atoms with E-state index in [9.17, 15) is 9.59 Å². The summed E-state index contributed by atoms with van der Waals surface area (Å²) in [5, 5.41) is 8.73. The van der Waals surface area contributed by atoms with Gasteiger partial charge in [-0.25, -0.2) is 0 Å². The summed E-state index contributed by atoms with van der Waals surface area (Å²) >= 11 is 3.44. The lowest BCUT2D eigenvalue weighted by Crippen LogP contribution is -2.04. The quantitative estimate of drug-likeness (QED) is 0.415. The molecule has 0 amide bonds. The Kier molecular flexibility index (Phi) is 6.16. The first-order chi connectivity index (χ1) is 13.1. The Hall–Kier alpha value is -2.77.